The molecule has 1 saturated carbocycles. The van der Waals surface area contributed by atoms with Gasteiger partial charge in [0.2, 0.25) is 21.7 Å². The first kappa shape index (κ1) is 34.5. The van der Waals surface area contributed by atoms with E-state index in [1.165, 1.54) is 23.1 Å². The summed E-state index contributed by atoms with van der Waals surface area (Å²) in [6.07, 6.45) is 1.54. The van der Waals surface area contributed by atoms with Crippen LogP contribution in [0.25, 0.3) is 0 Å². The molecule has 0 radical (unpaired) electrons. The number of anilines is 1. The molecule has 5 rings (SSSR count). The van der Waals surface area contributed by atoms with Crippen LogP contribution in [0, 0.1) is 35.0 Å². The minimum absolute atomic E-state index is 0.0182. The average Bonchev–Trinajstić information content (AvgIpc) is 3.92. The first-order valence-corrected chi connectivity index (χ1v) is 16.1. The molecule has 1 fully saturated rings. The molecule has 1 amide bonds. The SMILES string of the molecule is CN(CC(=O)N(CC1CC1)c1ccc(C(=O)OCc2ccccc2)c(OCc2ccccc2)c1)S(=O)(=O)c1c(F)c(F)c(F)c(F)c1F. The van der Waals surface area contributed by atoms with Crippen molar-refractivity contribution in [1.29, 1.82) is 0 Å². The fraction of sp³-hybridized carbons (Fsp3) is 0.235. The van der Waals surface area contributed by atoms with E-state index in [4.69, 9.17) is 9.47 Å². The standard InChI is InChI=1S/C34H29F5N2O6S/c1-40(48(44,45)33-31(38)29(36)28(35)30(37)32(33)39)18-27(42)41(17-21-12-13-21)24-14-15-25(34(43)47-20-23-10-6-3-7-11-23)26(16-24)46-19-22-8-4-2-5-9-22/h2-11,14-16,21H,12-13,17-20H2,1H3. The van der Waals surface area contributed by atoms with Crippen LogP contribution in [0.15, 0.2) is 83.8 Å². The summed E-state index contributed by atoms with van der Waals surface area (Å²) >= 11 is 0. The molecule has 0 spiro atoms. The minimum atomic E-state index is -5.38. The van der Waals surface area contributed by atoms with Crippen molar-refractivity contribution in [2.24, 2.45) is 5.92 Å². The van der Waals surface area contributed by atoms with Gasteiger partial charge in [0, 0.05) is 25.3 Å². The molecule has 0 atom stereocenters. The van der Waals surface area contributed by atoms with Gasteiger partial charge in [-0.05, 0) is 42.0 Å². The highest BCUT2D eigenvalue weighted by atomic mass is 32.2. The summed E-state index contributed by atoms with van der Waals surface area (Å²) in [5.74, 6) is -13.9. The van der Waals surface area contributed by atoms with Gasteiger partial charge in [0.25, 0.3) is 0 Å². The van der Waals surface area contributed by atoms with Gasteiger partial charge < -0.3 is 14.4 Å². The molecular formula is C34H29F5N2O6S. The number of esters is 1. The van der Waals surface area contributed by atoms with Gasteiger partial charge in [-0.1, -0.05) is 60.7 Å². The lowest BCUT2D eigenvalue weighted by Crippen LogP contribution is -2.42. The number of carbonyl (C=O) groups is 2. The Hall–Kier alpha value is -4.82. The van der Waals surface area contributed by atoms with E-state index in [-0.39, 0.29) is 47.0 Å². The Morgan fingerprint density at radius 2 is 1.31 bits per heavy atom. The summed E-state index contributed by atoms with van der Waals surface area (Å²) in [5, 5.41) is 0. The highest BCUT2D eigenvalue weighted by molar-refractivity contribution is 7.89. The lowest BCUT2D eigenvalue weighted by molar-refractivity contribution is -0.118. The summed E-state index contributed by atoms with van der Waals surface area (Å²) < 4.78 is 108. The molecule has 0 aliphatic heterocycles. The third kappa shape index (κ3) is 7.66. The van der Waals surface area contributed by atoms with Gasteiger partial charge in [-0.2, -0.15) is 4.31 Å². The van der Waals surface area contributed by atoms with Crippen LogP contribution in [-0.4, -0.2) is 44.7 Å². The second-order valence-electron chi connectivity index (χ2n) is 11.1. The van der Waals surface area contributed by atoms with E-state index in [1.807, 2.05) is 12.1 Å². The van der Waals surface area contributed by atoms with Gasteiger partial charge in [0.05, 0.1) is 6.54 Å². The summed E-state index contributed by atoms with van der Waals surface area (Å²) in [4.78, 5) is 25.9. The van der Waals surface area contributed by atoms with Gasteiger partial charge in [-0.15, -0.1) is 0 Å². The summed E-state index contributed by atoms with van der Waals surface area (Å²) in [5.41, 5.74) is 1.78. The maximum atomic E-state index is 14.4. The van der Waals surface area contributed by atoms with Crippen molar-refractivity contribution in [3.8, 4) is 5.75 Å². The number of likely N-dealkylation sites (N-methyl/N-ethyl adjacent to an activating group) is 1. The number of rotatable bonds is 13. The Morgan fingerprint density at radius 1 is 0.771 bits per heavy atom. The fourth-order valence-electron chi connectivity index (χ4n) is 4.74. The Bertz CT molecular complexity index is 1900. The van der Waals surface area contributed by atoms with Gasteiger partial charge in [0.1, 0.15) is 24.5 Å². The molecule has 252 valence electrons. The van der Waals surface area contributed by atoms with Crippen molar-refractivity contribution < 1.29 is 49.4 Å². The molecule has 8 nitrogen and oxygen atoms in total. The normalized spacial score (nSPS) is 13.0. The van der Waals surface area contributed by atoms with Crippen LogP contribution in [0.4, 0.5) is 27.6 Å². The zero-order valence-corrected chi connectivity index (χ0v) is 26.3. The van der Waals surface area contributed by atoms with Crippen LogP contribution < -0.4 is 9.64 Å². The molecule has 0 saturated heterocycles. The van der Waals surface area contributed by atoms with Crippen LogP contribution in [0.3, 0.4) is 0 Å². The Labute approximate surface area is 273 Å². The number of nitrogens with zero attached hydrogens (tertiary/aromatic N) is 2. The second kappa shape index (κ2) is 14.5. The molecule has 0 aromatic heterocycles. The molecule has 48 heavy (non-hydrogen) atoms. The first-order chi connectivity index (χ1) is 22.9. The Kier molecular flexibility index (Phi) is 10.4. The van der Waals surface area contributed by atoms with E-state index in [9.17, 15) is 40.0 Å². The maximum absolute atomic E-state index is 14.4. The molecule has 1 aliphatic rings. The fourth-order valence-corrected chi connectivity index (χ4v) is 5.97. The first-order valence-electron chi connectivity index (χ1n) is 14.7. The smallest absolute Gasteiger partial charge is 0.342 e. The predicted molar refractivity (Wildman–Crippen MR) is 164 cm³/mol. The topological polar surface area (TPSA) is 93.2 Å². The predicted octanol–water partition coefficient (Wildman–Crippen LogP) is 6.38. The zero-order valence-electron chi connectivity index (χ0n) is 25.5. The molecule has 0 heterocycles. The average molecular weight is 689 g/mol. The molecular weight excluding hydrogens is 659 g/mol. The molecule has 0 N–H and O–H groups in total. The van der Waals surface area contributed by atoms with Crippen molar-refractivity contribution in [3.05, 3.63) is 125 Å². The molecule has 4 aromatic carbocycles. The van der Waals surface area contributed by atoms with Crippen LogP contribution >= 0.6 is 0 Å². The second-order valence-corrected chi connectivity index (χ2v) is 13.1. The Morgan fingerprint density at radius 3 is 1.88 bits per heavy atom. The van der Waals surface area contributed by atoms with Crippen molar-refractivity contribution in [1.82, 2.24) is 4.31 Å². The number of benzene rings is 4. The number of amides is 1. The number of sulfonamides is 1. The molecule has 0 bridgehead atoms. The number of carbonyl (C=O) groups excluding carboxylic acids is 2. The summed E-state index contributed by atoms with van der Waals surface area (Å²) in [6.45, 7) is -0.876. The van der Waals surface area contributed by atoms with Crippen molar-refractivity contribution in [2.75, 3.05) is 25.0 Å². The van der Waals surface area contributed by atoms with Gasteiger partial charge in [-0.3, -0.25) is 4.79 Å². The highest BCUT2D eigenvalue weighted by Gasteiger charge is 2.37. The van der Waals surface area contributed by atoms with E-state index in [0.29, 0.717) is 0 Å². The van der Waals surface area contributed by atoms with E-state index in [0.717, 1.165) is 31.0 Å². The van der Waals surface area contributed by atoms with Crippen LogP contribution in [0.1, 0.15) is 34.3 Å². The monoisotopic (exact) mass is 688 g/mol. The van der Waals surface area contributed by atoms with Gasteiger partial charge in [0.15, 0.2) is 28.2 Å². The molecule has 14 heteroatoms. The zero-order chi connectivity index (χ0) is 34.6. The number of halogens is 5. The molecule has 0 unspecified atom stereocenters. The van der Waals surface area contributed by atoms with Crippen molar-refractivity contribution in [3.63, 3.8) is 0 Å². The number of hydrogen-bond donors (Lipinski definition) is 0. The van der Waals surface area contributed by atoms with Gasteiger partial charge in [-0.25, -0.2) is 35.2 Å². The Balaban J connectivity index is 1.43. The van der Waals surface area contributed by atoms with Crippen LogP contribution in [-0.2, 0) is 32.8 Å². The van der Waals surface area contributed by atoms with E-state index < -0.39 is 62.4 Å². The summed E-state index contributed by atoms with van der Waals surface area (Å²) in [6, 6.07) is 22.3. The summed E-state index contributed by atoms with van der Waals surface area (Å²) in [7, 11) is -4.60. The van der Waals surface area contributed by atoms with E-state index in [1.54, 1.807) is 48.5 Å². The van der Waals surface area contributed by atoms with Crippen LogP contribution in [0.2, 0.25) is 0 Å². The molecule has 1 aliphatic carbocycles. The minimum Gasteiger partial charge on any atom is -0.488 e. The lowest BCUT2D eigenvalue weighted by atomic mass is 10.1. The quantitative estimate of drug-likeness (QED) is 0.0701. The van der Waals surface area contributed by atoms with Gasteiger partial charge >= 0.3 is 5.97 Å². The number of hydrogen-bond acceptors (Lipinski definition) is 6. The number of ether oxygens (including phenoxy) is 2. The third-order valence-electron chi connectivity index (χ3n) is 7.58. The van der Waals surface area contributed by atoms with E-state index in [2.05, 4.69) is 0 Å². The van der Waals surface area contributed by atoms with E-state index >= 15 is 0 Å². The van der Waals surface area contributed by atoms with Crippen molar-refractivity contribution in [2.45, 2.75) is 31.0 Å². The largest absolute Gasteiger partial charge is 0.488 e. The lowest BCUT2D eigenvalue weighted by Gasteiger charge is -2.26. The maximum Gasteiger partial charge on any atom is 0.342 e. The highest BCUT2D eigenvalue weighted by Crippen LogP contribution is 2.35. The van der Waals surface area contributed by atoms with Crippen LogP contribution in [0.5, 0.6) is 5.75 Å². The molecule has 4 aromatic rings. The third-order valence-corrected chi connectivity index (χ3v) is 9.41. The van der Waals surface area contributed by atoms with Crippen molar-refractivity contribution >= 4 is 27.6 Å².